The minimum atomic E-state index is 0.753. The summed E-state index contributed by atoms with van der Waals surface area (Å²) in [5.74, 6) is 0.757. The average molecular weight is 336 g/mol. The molecule has 0 aliphatic carbocycles. The molecule has 0 N–H and O–H groups in total. The van der Waals surface area contributed by atoms with E-state index in [9.17, 15) is 0 Å². The van der Waals surface area contributed by atoms with E-state index in [1.165, 1.54) is 10.8 Å². The SMILES string of the molecule is C=C(C)Cc1cc(-c2ccc3ccccc3c2)nc(-c2ccccc2)n1. The van der Waals surface area contributed by atoms with E-state index in [2.05, 4.69) is 55.1 Å². The number of nitrogens with zero attached hydrogens (tertiary/aromatic N) is 2. The van der Waals surface area contributed by atoms with Gasteiger partial charge in [-0.25, -0.2) is 9.97 Å². The lowest BCUT2D eigenvalue weighted by Crippen LogP contribution is -1.99. The minimum Gasteiger partial charge on any atom is -0.233 e. The molecule has 0 radical (unpaired) electrons. The number of benzene rings is 3. The second-order valence-corrected chi connectivity index (χ2v) is 6.63. The maximum absolute atomic E-state index is 4.85. The summed E-state index contributed by atoms with van der Waals surface area (Å²) >= 11 is 0. The Bertz CT molecular complexity index is 1080. The van der Waals surface area contributed by atoms with E-state index < -0.39 is 0 Å². The Balaban J connectivity index is 1.87. The van der Waals surface area contributed by atoms with Crippen molar-refractivity contribution < 1.29 is 0 Å². The molecule has 0 spiro atoms. The van der Waals surface area contributed by atoms with Gasteiger partial charge in [0.25, 0.3) is 0 Å². The largest absolute Gasteiger partial charge is 0.233 e. The zero-order valence-electron chi connectivity index (χ0n) is 14.8. The number of aromatic nitrogens is 2. The smallest absolute Gasteiger partial charge is 0.160 e. The Morgan fingerprint density at radius 1 is 0.769 bits per heavy atom. The Labute approximate surface area is 153 Å². The van der Waals surface area contributed by atoms with E-state index in [-0.39, 0.29) is 0 Å². The lowest BCUT2D eigenvalue weighted by molar-refractivity contribution is 1.02. The van der Waals surface area contributed by atoms with Crippen molar-refractivity contribution in [2.45, 2.75) is 13.3 Å². The zero-order chi connectivity index (χ0) is 17.9. The molecule has 1 heterocycles. The third kappa shape index (κ3) is 3.40. The fraction of sp³-hybridized carbons (Fsp3) is 0.0833. The van der Waals surface area contributed by atoms with Gasteiger partial charge in [0, 0.05) is 23.2 Å². The maximum atomic E-state index is 4.85. The summed E-state index contributed by atoms with van der Waals surface area (Å²) in [7, 11) is 0. The molecule has 1 aromatic heterocycles. The molecule has 0 atom stereocenters. The standard InChI is InChI=1S/C24H20N2/c1-17(2)14-22-16-23(26-24(25-22)19-9-4-3-5-10-19)21-13-12-18-8-6-7-11-20(18)15-21/h3-13,15-16H,1,14H2,2H3. The van der Waals surface area contributed by atoms with Crippen LogP contribution in [0.2, 0.25) is 0 Å². The van der Waals surface area contributed by atoms with Crippen LogP contribution in [0.15, 0.2) is 91.0 Å². The molecule has 0 aliphatic rings. The number of hydrogen-bond donors (Lipinski definition) is 0. The van der Waals surface area contributed by atoms with Crippen molar-refractivity contribution in [3.05, 3.63) is 96.7 Å². The molecule has 0 amide bonds. The summed E-state index contributed by atoms with van der Waals surface area (Å²) in [6.45, 7) is 6.06. The van der Waals surface area contributed by atoms with Crippen LogP contribution in [0.3, 0.4) is 0 Å². The lowest BCUT2D eigenvalue weighted by Gasteiger charge is -2.10. The van der Waals surface area contributed by atoms with Gasteiger partial charge in [-0.1, -0.05) is 78.9 Å². The predicted molar refractivity (Wildman–Crippen MR) is 109 cm³/mol. The van der Waals surface area contributed by atoms with E-state index in [4.69, 9.17) is 9.97 Å². The number of hydrogen-bond acceptors (Lipinski definition) is 2. The zero-order valence-corrected chi connectivity index (χ0v) is 14.8. The van der Waals surface area contributed by atoms with E-state index in [1.807, 2.05) is 37.3 Å². The minimum absolute atomic E-state index is 0.753. The van der Waals surface area contributed by atoms with Gasteiger partial charge in [-0.3, -0.25) is 0 Å². The summed E-state index contributed by atoms with van der Waals surface area (Å²) in [5, 5.41) is 2.45. The van der Waals surface area contributed by atoms with Crippen LogP contribution in [0.5, 0.6) is 0 Å². The molecule has 2 nitrogen and oxygen atoms in total. The van der Waals surface area contributed by atoms with Crippen LogP contribution in [0, 0.1) is 0 Å². The first-order valence-electron chi connectivity index (χ1n) is 8.76. The van der Waals surface area contributed by atoms with Crippen LogP contribution in [-0.4, -0.2) is 9.97 Å². The van der Waals surface area contributed by atoms with Gasteiger partial charge in [0.05, 0.1) is 5.69 Å². The van der Waals surface area contributed by atoms with Crippen molar-refractivity contribution in [1.29, 1.82) is 0 Å². The third-order valence-electron chi connectivity index (χ3n) is 4.34. The van der Waals surface area contributed by atoms with Crippen molar-refractivity contribution in [3.63, 3.8) is 0 Å². The Morgan fingerprint density at radius 3 is 2.27 bits per heavy atom. The van der Waals surface area contributed by atoms with Gasteiger partial charge in [-0.15, -0.1) is 0 Å². The predicted octanol–water partition coefficient (Wildman–Crippen LogP) is 6.08. The second-order valence-electron chi connectivity index (χ2n) is 6.63. The molecular formula is C24H20N2. The molecule has 0 saturated heterocycles. The number of rotatable bonds is 4. The average Bonchev–Trinajstić information content (AvgIpc) is 2.67. The summed E-state index contributed by atoms with van der Waals surface area (Å²) < 4.78 is 0. The third-order valence-corrected chi connectivity index (χ3v) is 4.34. The number of allylic oxidation sites excluding steroid dienone is 1. The molecule has 2 heteroatoms. The summed E-state index contributed by atoms with van der Waals surface area (Å²) in [6.07, 6.45) is 0.753. The van der Waals surface area contributed by atoms with Crippen molar-refractivity contribution in [1.82, 2.24) is 9.97 Å². The first kappa shape index (κ1) is 16.2. The molecule has 4 aromatic rings. The fourth-order valence-electron chi connectivity index (χ4n) is 3.11. The van der Waals surface area contributed by atoms with Gasteiger partial charge in [-0.05, 0) is 29.8 Å². The van der Waals surface area contributed by atoms with E-state index in [0.29, 0.717) is 0 Å². The fourth-order valence-corrected chi connectivity index (χ4v) is 3.11. The van der Waals surface area contributed by atoms with Gasteiger partial charge in [-0.2, -0.15) is 0 Å². The molecule has 4 rings (SSSR count). The highest BCUT2D eigenvalue weighted by molar-refractivity contribution is 5.86. The molecule has 0 bridgehead atoms. The van der Waals surface area contributed by atoms with Gasteiger partial charge in [0.2, 0.25) is 0 Å². The van der Waals surface area contributed by atoms with Gasteiger partial charge in [0.15, 0.2) is 5.82 Å². The highest BCUT2D eigenvalue weighted by Gasteiger charge is 2.09. The Kier molecular flexibility index (Phi) is 4.32. The van der Waals surface area contributed by atoms with Crippen molar-refractivity contribution in [2.75, 3.05) is 0 Å². The number of fused-ring (bicyclic) bond motifs is 1. The van der Waals surface area contributed by atoms with Crippen LogP contribution in [0.25, 0.3) is 33.4 Å². The van der Waals surface area contributed by atoms with Gasteiger partial charge in [0.1, 0.15) is 0 Å². The molecule has 0 saturated carbocycles. The van der Waals surface area contributed by atoms with Gasteiger partial charge >= 0.3 is 0 Å². The van der Waals surface area contributed by atoms with Crippen LogP contribution < -0.4 is 0 Å². The monoisotopic (exact) mass is 336 g/mol. The van der Waals surface area contributed by atoms with Crippen molar-refractivity contribution in [2.24, 2.45) is 0 Å². The quantitative estimate of drug-likeness (QED) is 0.422. The summed E-state index contributed by atoms with van der Waals surface area (Å²) in [4.78, 5) is 9.61. The van der Waals surface area contributed by atoms with Crippen LogP contribution in [0.4, 0.5) is 0 Å². The molecule has 0 fully saturated rings. The Morgan fingerprint density at radius 2 is 1.50 bits per heavy atom. The lowest BCUT2D eigenvalue weighted by atomic mass is 10.0. The van der Waals surface area contributed by atoms with E-state index in [0.717, 1.165) is 40.3 Å². The first-order valence-corrected chi connectivity index (χ1v) is 8.76. The molecule has 26 heavy (non-hydrogen) atoms. The summed E-state index contributed by atoms with van der Waals surface area (Å²) in [5.41, 5.74) is 5.16. The first-order chi connectivity index (χ1) is 12.7. The maximum Gasteiger partial charge on any atom is 0.160 e. The molecular weight excluding hydrogens is 316 g/mol. The highest BCUT2D eigenvalue weighted by atomic mass is 14.9. The van der Waals surface area contributed by atoms with Crippen molar-refractivity contribution in [3.8, 4) is 22.6 Å². The molecule has 3 aromatic carbocycles. The van der Waals surface area contributed by atoms with Gasteiger partial charge < -0.3 is 0 Å². The topological polar surface area (TPSA) is 25.8 Å². The normalized spacial score (nSPS) is 10.8. The molecule has 0 unspecified atom stereocenters. The van der Waals surface area contributed by atoms with Crippen LogP contribution >= 0.6 is 0 Å². The van der Waals surface area contributed by atoms with E-state index >= 15 is 0 Å². The van der Waals surface area contributed by atoms with Crippen LogP contribution in [-0.2, 0) is 6.42 Å². The second kappa shape index (κ2) is 6.93. The van der Waals surface area contributed by atoms with Crippen LogP contribution in [0.1, 0.15) is 12.6 Å². The summed E-state index contributed by atoms with van der Waals surface area (Å²) in [6, 6.07) is 27.0. The molecule has 126 valence electrons. The van der Waals surface area contributed by atoms with E-state index in [1.54, 1.807) is 0 Å². The molecule has 0 aliphatic heterocycles. The Hall–Kier alpha value is -3.26. The highest BCUT2D eigenvalue weighted by Crippen LogP contribution is 2.26. The van der Waals surface area contributed by atoms with Crippen molar-refractivity contribution >= 4 is 10.8 Å².